The van der Waals surface area contributed by atoms with E-state index >= 15 is 0 Å². The SMILES string of the molecule is C.NC1CCCc2cc(Br)ccc21.[N-]=[N+]=NC1CCCc2cc(Br)ccc21. The molecule has 2 N–H and O–H groups in total. The molecule has 0 fully saturated rings. The van der Waals surface area contributed by atoms with Gasteiger partial charge in [0.1, 0.15) is 0 Å². The second kappa shape index (κ2) is 10.3. The topological polar surface area (TPSA) is 74.8 Å². The molecule has 0 aromatic heterocycles. The third kappa shape index (κ3) is 5.58. The number of hydrogen-bond acceptors (Lipinski definition) is 2. The van der Waals surface area contributed by atoms with Gasteiger partial charge in [-0.1, -0.05) is 56.5 Å². The van der Waals surface area contributed by atoms with Crippen molar-refractivity contribution >= 4 is 31.9 Å². The van der Waals surface area contributed by atoms with E-state index < -0.39 is 0 Å². The molecule has 0 aliphatic heterocycles. The molecular weight excluding hydrogens is 468 g/mol. The zero-order chi connectivity index (χ0) is 18.5. The molecule has 0 bridgehead atoms. The van der Waals surface area contributed by atoms with Gasteiger partial charge in [-0.05, 0) is 90.6 Å². The van der Waals surface area contributed by atoms with Gasteiger partial charge in [-0.25, -0.2) is 0 Å². The summed E-state index contributed by atoms with van der Waals surface area (Å²) in [6.07, 6.45) is 6.71. The highest BCUT2D eigenvalue weighted by atomic mass is 79.9. The molecule has 27 heavy (non-hydrogen) atoms. The lowest BCUT2D eigenvalue weighted by molar-refractivity contribution is 0.568. The Kier molecular flexibility index (Phi) is 8.36. The molecule has 0 radical (unpaired) electrons. The lowest BCUT2D eigenvalue weighted by atomic mass is 9.88. The first kappa shape index (κ1) is 22.0. The second-order valence-corrected chi connectivity index (χ2v) is 8.63. The molecule has 2 atom stereocenters. The summed E-state index contributed by atoms with van der Waals surface area (Å²) in [4.78, 5) is 2.89. The van der Waals surface area contributed by atoms with E-state index in [4.69, 9.17) is 11.3 Å². The Labute approximate surface area is 178 Å². The lowest BCUT2D eigenvalue weighted by Gasteiger charge is -2.21. The second-order valence-electron chi connectivity index (χ2n) is 6.80. The number of benzene rings is 2. The Morgan fingerprint density at radius 3 is 2.11 bits per heavy atom. The molecule has 0 heterocycles. The highest BCUT2D eigenvalue weighted by molar-refractivity contribution is 9.10. The summed E-state index contributed by atoms with van der Waals surface area (Å²) in [7, 11) is 0. The van der Waals surface area contributed by atoms with Crippen LogP contribution in [0.3, 0.4) is 0 Å². The first-order valence-electron chi connectivity index (χ1n) is 8.95. The summed E-state index contributed by atoms with van der Waals surface area (Å²) in [6.45, 7) is 0. The van der Waals surface area contributed by atoms with Gasteiger partial charge >= 0.3 is 0 Å². The summed E-state index contributed by atoms with van der Waals surface area (Å²) >= 11 is 6.92. The van der Waals surface area contributed by atoms with Gasteiger partial charge in [0.15, 0.2) is 0 Å². The molecule has 4 nitrogen and oxygen atoms in total. The van der Waals surface area contributed by atoms with Crippen LogP contribution in [-0.4, -0.2) is 0 Å². The molecule has 0 spiro atoms. The highest BCUT2D eigenvalue weighted by Gasteiger charge is 2.18. The predicted molar refractivity (Wildman–Crippen MR) is 120 cm³/mol. The number of hydrogen-bond donors (Lipinski definition) is 1. The van der Waals surface area contributed by atoms with Crippen LogP contribution in [0.2, 0.25) is 0 Å². The van der Waals surface area contributed by atoms with Crippen molar-refractivity contribution in [1.29, 1.82) is 0 Å². The number of azide groups is 1. The van der Waals surface area contributed by atoms with Crippen molar-refractivity contribution in [2.24, 2.45) is 10.8 Å². The van der Waals surface area contributed by atoms with Crippen molar-refractivity contribution in [2.75, 3.05) is 0 Å². The van der Waals surface area contributed by atoms with E-state index in [-0.39, 0.29) is 19.5 Å². The van der Waals surface area contributed by atoms with Crippen molar-refractivity contribution < 1.29 is 0 Å². The normalized spacial score (nSPS) is 20.0. The lowest BCUT2D eigenvalue weighted by Crippen LogP contribution is -2.17. The molecule has 6 heteroatoms. The maximum Gasteiger partial charge on any atom is 0.0628 e. The third-order valence-corrected chi connectivity index (χ3v) is 6.03. The van der Waals surface area contributed by atoms with Gasteiger partial charge in [0.2, 0.25) is 0 Å². The summed E-state index contributed by atoms with van der Waals surface area (Å²) in [6, 6.07) is 12.9. The number of nitrogens with zero attached hydrogens (tertiary/aromatic N) is 3. The third-order valence-electron chi connectivity index (χ3n) is 5.04. The fraction of sp³-hybridized carbons (Fsp3) is 0.429. The van der Waals surface area contributed by atoms with Crippen LogP contribution in [0, 0.1) is 0 Å². The fourth-order valence-corrected chi connectivity index (χ4v) is 4.58. The molecule has 0 saturated carbocycles. The average molecular weight is 494 g/mol. The van der Waals surface area contributed by atoms with Gasteiger partial charge in [0.25, 0.3) is 0 Å². The quantitative estimate of drug-likeness (QED) is 0.248. The summed E-state index contributed by atoms with van der Waals surface area (Å²) in [5.74, 6) is 0. The van der Waals surface area contributed by atoms with Crippen molar-refractivity contribution in [3.63, 3.8) is 0 Å². The Hall–Kier alpha value is -1.33. The maximum atomic E-state index is 8.45. The Bertz CT molecular complexity index is 831. The monoisotopic (exact) mass is 492 g/mol. The molecule has 0 saturated heterocycles. The number of aryl methyl sites for hydroxylation is 2. The van der Waals surface area contributed by atoms with Gasteiger partial charge in [0, 0.05) is 19.9 Å². The van der Waals surface area contributed by atoms with Crippen LogP contribution in [0.25, 0.3) is 10.4 Å². The number of rotatable bonds is 1. The Balaban J connectivity index is 0.000000189. The molecule has 2 aromatic rings. The van der Waals surface area contributed by atoms with Crippen LogP contribution in [-0.2, 0) is 12.8 Å². The van der Waals surface area contributed by atoms with Crippen molar-refractivity contribution in [1.82, 2.24) is 0 Å². The van der Waals surface area contributed by atoms with Crippen molar-refractivity contribution in [3.05, 3.63) is 78.0 Å². The van der Waals surface area contributed by atoms with Gasteiger partial charge < -0.3 is 5.73 Å². The van der Waals surface area contributed by atoms with Crippen LogP contribution in [0.5, 0.6) is 0 Å². The smallest absolute Gasteiger partial charge is 0.0628 e. The number of fused-ring (bicyclic) bond motifs is 2. The molecule has 2 aliphatic carbocycles. The molecule has 4 rings (SSSR count). The minimum absolute atomic E-state index is 0. The summed E-state index contributed by atoms with van der Waals surface area (Å²) < 4.78 is 2.26. The molecule has 0 amide bonds. The predicted octanol–water partition coefficient (Wildman–Crippen LogP) is 7.56. The standard InChI is InChI=1S/C10H10BrN3.C10H12BrN.CH4/c11-8-4-5-9-7(6-8)2-1-3-10(9)13-14-12;11-8-4-5-9-7(6-8)2-1-3-10(9)12;/h4-6,10H,1-3H2;4-6,10H,1-3,12H2;1H4. The van der Waals surface area contributed by atoms with Crippen molar-refractivity contribution in [3.8, 4) is 0 Å². The maximum absolute atomic E-state index is 8.45. The summed E-state index contributed by atoms with van der Waals surface area (Å²) in [5.41, 5.74) is 19.7. The van der Waals surface area contributed by atoms with E-state index in [1.54, 1.807) is 0 Å². The van der Waals surface area contributed by atoms with E-state index in [1.165, 1.54) is 35.1 Å². The summed E-state index contributed by atoms with van der Waals surface area (Å²) in [5, 5.41) is 3.82. The molecule has 2 aromatic carbocycles. The van der Waals surface area contributed by atoms with E-state index in [1.807, 2.05) is 6.07 Å². The minimum Gasteiger partial charge on any atom is -0.324 e. The van der Waals surface area contributed by atoms with Gasteiger partial charge in [-0.2, -0.15) is 0 Å². The zero-order valence-corrected chi connectivity index (χ0v) is 17.7. The molecule has 144 valence electrons. The first-order valence-corrected chi connectivity index (χ1v) is 10.5. The van der Waals surface area contributed by atoms with E-state index in [2.05, 4.69) is 72.2 Å². The molecule has 2 aliphatic rings. The van der Waals surface area contributed by atoms with Crippen LogP contribution < -0.4 is 5.73 Å². The molecule has 2 unspecified atom stereocenters. The van der Waals surface area contributed by atoms with Crippen molar-refractivity contribution in [2.45, 2.75) is 58.0 Å². The molecular formula is C21H26Br2N4. The highest BCUT2D eigenvalue weighted by Crippen LogP contribution is 2.34. The number of nitrogens with two attached hydrogens (primary N) is 1. The van der Waals surface area contributed by atoms with Crippen LogP contribution in [0.4, 0.5) is 0 Å². The van der Waals surface area contributed by atoms with E-state index in [9.17, 15) is 0 Å². The zero-order valence-electron chi connectivity index (χ0n) is 14.5. The minimum atomic E-state index is 0. The van der Waals surface area contributed by atoms with Crippen LogP contribution >= 0.6 is 31.9 Å². The van der Waals surface area contributed by atoms with Crippen LogP contribution in [0.1, 0.15) is 67.4 Å². The van der Waals surface area contributed by atoms with Gasteiger partial charge in [-0.15, -0.1) is 0 Å². The van der Waals surface area contributed by atoms with Crippen LogP contribution in [0.15, 0.2) is 50.5 Å². The average Bonchev–Trinajstić information content (AvgIpc) is 2.62. The fourth-order valence-electron chi connectivity index (χ4n) is 3.76. The van der Waals surface area contributed by atoms with E-state index in [0.29, 0.717) is 0 Å². The first-order chi connectivity index (χ1) is 12.6. The Morgan fingerprint density at radius 2 is 1.48 bits per heavy atom. The van der Waals surface area contributed by atoms with Gasteiger partial charge in [0.05, 0.1) is 6.04 Å². The largest absolute Gasteiger partial charge is 0.324 e. The van der Waals surface area contributed by atoms with E-state index in [0.717, 1.165) is 34.6 Å². The van der Waals surface area contributed by atoms with Gasteiger partial charge in [-0.3, -0.25) is 0 Å². The number of halogens is 2. The Morgan fingerprint density at radius 1 is 0.926 bits per heavy atom.